The number of hydrogen-bond donors (Lipinski definition) is 0. The van der Waals surface area contributed by atoms with Crippen LogP contribution in [0.15, 0.2) is 35.3 Å². The van der Waals surface area contributed by atoms with Crippen molar-refractivity contribution < 1.29 is 0 Å². The summed E-state index contributed by atoms with van der Waals surface area (Å²) in [5, 5.41) is 0. The molecule has 2 heteroatoms. The molecule has 19 heavy (non-hydrogen) atoms. The van der Waals surface area contributed by atoms with Gasteiger partial charge in [0.25, 0.3) is 0 Å². The van der Waals surface area contributed by atoms with Gasteiger partial charge in [-0.15, -0.1) is 0 Å². The molecular weight excluding hydrogens is 232 g/mol. The van der Waals surface area contributed by atoms with Crippen molar-refractivity contribution in [1.29, 1.82) is 0 Å². The van der Waals surface area contributed by atoms with Crippen LogP contribution in [0.4, 0.5) is 5.69 Å². The lowest BCUT2D eigenvalue weighted by atomic mass is 10.1. The van der Waals surface area contributed by atoms with E-state index in [1.54, 1.807) is 0 Å². The van der Waals surface area contributed by atoms with Crippen LogP contribution in [0.1, 0.15) is 36.4 Å². The second-order valence-corrected chi connectivity index (χ2v) is 4.85. The fourth-order valence-corrected chi connectivity index (χ4v) is 2.41. The third-order valence-corrected chi connectivity index (χ3v) is 3.63. The normalized spacial score (nSPS) is 11.4. The maximum atomic E-state index is 4.56. The highest BCUT2D eigenvalue weighted by Crippen LogP contribution is 2.16. The summed E-state index contributed by atoms with van der Waals surface area (Å²) in [5.74, 6) is 0. The quantitative estimate of drug-likeness (QED) is 0.718. The van der Waals surface area contributed by atoms with Gasteiger partial charge in [0, 0.05) is 29.7 Å². The molecule has 100 valence electrons. The van der Waals surface area contributed by atoms with Crippen molar-refractivity contribution >= 4 is 11.9 Å². The molecule has 0 amide bonds. The van der Waals surface area contributed by atoms with Crippen LogP contribution in [0.3, 0.4) is 0 Å². The number of aliphatic imine (C=N–C) groups is 1. The van der Waals surface area contributed by atoms with Crippen LogP contribution >= 0.6 is 0 Å². The molecule has 2 aromatic rings. The van der Waals surface area contributed by atoms with E-state index in [-0.39, 0.29) is 0 Å². The lowest BCUT2D eigenvalue weighted by Crippen LogP contribution is -1.99. The van der Waals surface area contributed by atoms with Gasteiger partial charge in [-0.3, -0.25) is 4.99 Å². The van der Waals surface area contributed by atoms with E-state index >= 15 is 0 Å². The molecule has 0 unspecified atom stereocenters. The molecule has 0 bridgehead atoms. The highest BCUT2D eigenvalue weighted by Gasteiger charge is 2.05. The van der Waals surface area contributed by atoms with E-state index in [9.17, 15) is 0 Å². The predicted molar refractivity (Wildman–Crippen MR) is 82.7 cm³/mol. The monoisotopic (exact) mass is 254 g/mol. The lowest BCUT2D eigenvalue weighted by molar-refractivity contribution is 0.718. The molecule has 0 saturated heterocycles. The van der Waals surface area contributed by atoms with Gasteiger partial charge in [0.2, 0.25) is 0 Å². The van der Waals surface area contributed by atoms with Crippen LogP contribution < -0.4 is 0 Å². The molecule has 0 spiro atoms. The molecule has 0 atom stereocenters. The second kappa shape index (κ2) is 5.87. The third-order valence-electron chi connectivity index (χ3n) is 3.63. The number of nitrogens with zero attached hydrogens (tertiary/aromatic N) is 2. The van der Waals surface area contributed by atoms with Gasteiger partial charge in [0.1, 0.15) is 0 Å². The van der Waals surface area contributed by atoms with E-state index in [4.69, 9.17) is 0 Å². The molecule has 0 aliphatic carbocycles. The summed E-state index contributed by atoms with van der Waals surface area (Å²) in [6.07, 6.45) is 3.04. The van der Waals surface area contributed by atoms with Gasteiger partial charge in [0.05, 0.1) is 5.69 Å². The molecule has 1 aromatic heterocycles. The first kappa shape index (κ1) is 13.6. The van der Waals surface area contributed by atoms with Crippen LogP contribution in [0.5, 0.6) is 0 Å². The zero-order chi connectivity index (χ0) is 13.8. The van der Waals surface area contributed by atoms with Crippen LogP contribution in [-0.4, -0.2) is 10.8 Å². The number of aromatic nitrogens is 1. The zero-order valence-corrected chi connectivity index (χ0v) is 12.3. The summed E-state index contributed by atoms with van der Waals surface area (Å²) in [5.41, 5.74) is 6.15. The number of aryl methyl sites for hydroxylation is 2. The second-order valence-electron chi connectivity index (χ2n) is 4.85. The molecule has 2 nitrogen and oxygen atoms in total. The van der Waals surface area contributed by atoms with Crippen molar-refractivity contribution in [3.05, 3.63) is 52.8 Å². The molecule has 0 N–H and O–H groups in total. The summed E-state index contributed by atoms with van der Waals surface area (Å²) < 4.78 is 2.31. The van der Waals surface area contributed by atoms with E-state index in [1.807, 2.05) is 6.21 Å². The van der Waals surface area contributed by atoms with Gasteiger partial charge in [0.15, 0.2) is 0 Å². The Morgan fingerprint density at radius 1 is 1.11 bits per heavy atom. The minimum atomic E-state index is 1.01. The van der Waals surface area contributed by atoms with E-state index in [0.29, 0.717) is 0 Å². The Hall–Kier alpha value is -1.83. The van der Waals surface area contributed by atoms with Gasteiger partial charge in [-0.05, 0) is 51.0 Å². The van der Waals surface area contributed by atoms with Crippen LogP contribution in [0.25, 0.3) is 0 Å². The molecule has 0 radical (unpaired) electrons. The SMILES string of the molecule is CCc1ccc(N=Cc2cc(C)n(CC)c2C)cc1. The van der Waals surface area contributed by atoms with Gasteiger partial charge in [-0.25, -0.2) is 0 Å². The Kier molecular flexibility index (Phi) is 4.20. The van der Waals surface area contributed by atoms with Crippen molar-refractivity contribution in [3.8, 4) is 0 Å². The number of benzene rings is 1. The van der Waals surface area contributed by atoms with Gasteiger partial charge < -0.3 is 4.57 Å². The third kappa shape index (κ3) is 2.95. The first-order chi connectivity index (χ1) is 9.15. The molecule has 1 aromatic carbocycles. The largest absolute Gasteiger partial charge is 0.349 e. The fraction of sp³-hybridized carbons (Fsp3) is 0.353. The lowest BCUT2D eigenvalue weighted by Gasteiger charge is -2.04. The molecule has 0 fully saturated rings. The summed E-state index contributed by atoms with van der Waals surface area (Å²) in [4.78, 5) is 4.56. The minimum Gasteiger partial charge on any atom is -0.349 e. The molecule has 1 heterocycles. The average molecular weight is 254 g/mol. The topological polar surface area (TPSA) is 17.3 Å². The molecule has 0 aliphatic heterocycles. The van der Waals surface area contributed by atoms with E-state index in [1.165, 1.54) is 22.5 Å². The van der Waals surface area contributed by atoms with Crippen LogP contribution in [0.2, 0.25) is 0 Å². The van der Waals surface area contributed by atoms with E-state index in [2.05, 4.69) is 67.6 Å². The highest BCUT2D eigenvalue weighted by atomic mass is 15.0. The highest BCUT2D eigenvalue weighted by molar-refractivity contribution is 5.83. The Balaban J connectivity index is 2.22. The fourth-order valence-electron chi connectivity index (χ4n) is 2.41. The van der Waals surface area contributed by atoms with E-state index in [0.717, 1.165) is 18.7 Å². The first-order valence-corrected chi connectivity index (χ1v) is 6.95. The smallest absolute Gasteiger partial charge is 0.0630 e. The van der Waals surface area contributed by atoms with Crippen LogP contribution in [-0.2, 0) is 13.0 Å². The maximum Gasteiger partial charge on any atom is 0.0630 e. The van der Waals surface area contributed by atoms with Crippen molar-refractivity contribution in [2.45, 2.75) is 40.7 Å². The molecule has 2 rings (SSSR count). The molecule has 0 aliphatic rings. The summed E-state index contributed by atoms with van der Waals surface area (Å²) in [7, 11) is 0. The summed E-state index contributed by atoms with van der Waals surface area (Å²) >= 11 is 0. The Labute approximate surface area is 115 Å². The van der Waals surface area contributed by atoms with Gasteiger partial charge in [-0.1, -0.05) is 19.1 Å². The van der Waals surface area contributed by atoms with Crippen molar-refractivity contribution in [3.63, 3.8) is 0 Å². The predicted octanol–water partition coefficient (Wildman–Crippen LogP) is 4.44. The Morgan fingerprint density at radius 3 is 2.32 bits per heavy atom. The molecule has 0 saturated carbocycles. The van der Waals surface area contributed by atoms with Gasteiger partial charge in [-0.2, -0.15) is 0 Å². The standard InChI is InChI=1S/C17H22N2/c1-5-15-7-9-17(10-8-15)18-12-16-11-13(3)19(6-2)14(16)4/h7-12H,5-6H2,1-4H3. The van der Waals surface area contributed by atoms with E-state index < -0.39 is 0 Å². The number of hydrogen-bond acceptors (Lipinski definition) is 1. The van der Waals surface area contributed by atoms with Crippen LogP contribution in [0, 0.1) is 13.8 Å². The summed E-state index contributed by atoms with van der Waals surface area (Å²) in [6, 6.07) is 10.6. The zero-order valence-electron chi connectivity index (χ0n) is 12.3. The average Bonchev–Trinajstić information content (AvgIpc) is 2.71. The Morgan fingerprint density at radius 2 is 1.79 bits per heavy atom. The maximum absolute atomic E-state index is 4.56. The first-order valence-electron chi connectivity index (χ1n) is 6.95. The number of rotatable bonds is 4. The van der Waals surface area contributed by atoms with Gasteiger partial charge >= 0.3 is 0 Å². The van der Waals surface area contributed by atoms with Crippen molar-refractivity contribution in [2.24, 2.45) is 4.99 Å². The minimum absolute atomic E-state index is 1.01. The molecular formula is C17H22N2. The van der Waals surface area contributed by atoms with Crippen molar-refractivity contribution in [1.82, 2.24) is 4.57 Å². The summed E-state index contributed by atoms with van der Waals surface area (Å²) in [6.45, 7) is 9.64. The Bertz CT molecular complexity index is 574. The van der Waals surface area contributed by atoms with Crippen molar-refractivity contribution in [2.75, 3.05) is 0 Å².